The van der Waals surface area contributed by atoms with Gasteiger partial charge in [-0.1, -0.05) is 36.4 Å². The summed E-state index contributed by atoms with van der Waals surface area (Å²) in [4.78, 5) is 36.7. The van der Waals surface area contributed by atoms with Crippen molar-refractivity contribution in [2.24, 2.45) is 11.1 Å². The van der Waals surface area contributed by atoms with Crippen molar-refractivity contribution >= 4 is 17.9 Å². The summed E-state index contributed by atoms with van der Waals surface area (Å²) in [6.45, 7) is 3.12. The van der Waals surface area contributed by atoms with Crippen LogP contribution in [0.3, 0.4) is 0 Å². The van der Waals surface area contributed by atoms with Crippen LogP contribution in [-0.2, 0) is 30.5 Å². The molecule has 0 heterocycles. The molecular formula is C19H25NO6. The predicted molar refractivity (Wildman–Crippen MR) is 95.0 cm³/mol. The number of carboxylic acids is 1. The third-order valence-corrected chi connectivity index (χ3v) is 3.63. The fourth-order valence-electron chi connectivity index (χ4n) is 2.17. The number of esters is 2. The van der Waals surface area contributed by atoms with E-state index in [1.807, 2.05) is 0 Å². The maximum absolute atomic E-state index is 12.5. The number of allylic oxidation sites excluding steroid dienone is 1. The minimum absolute atomic E-state index is 0.0620. The lowest BCUT2D eigenvalue weighted by molar-refractivity contribution is -0.177. The van der Waals surface area contributed by atoms with E-state index in [0.717, 1.165) is 6.08 Å². The second-order valence-corrected chi connectivity index (χ2v) is 5.85. The minimum atomic E-state index is -2.54. The van der Waals surface area contributed by atoms with Crippen LogP contribution in [0.1, 0.15) is 32.3 Å². The Morgan fingerprint density at radius 2 is 1.81 bits per heavy atom. The zero-order valence-electron chi connectivity index (χ0n) is 15.0. The van der Waals surface area contributed by atoms with Gasteiger partial charge >= 0.3 is 17.9 Å². The smallest absolute Gasteiger partial charge is 0.339 e. The third kappa shape index (κ3) is 5.70. The summed E-state index contributed by atoms with van der Waals surface area (Å²) in [5.74, 6) is -4.02. The molecule has 2 unspecified atom stereocenters. The van der Waals surface area contributed by atoms with Gasteiger partial charge in [-0.25, -0.2) is 9.59 Å². The van der Waals surface area contributed by atoms with Gasteiger partial charge in [0.1, 0.15) is 6.61 Å². The molecule has 0 bridgehead atoms. The molecule has 0 radical (unpaired) electrons. The van der Waals surface area contributed by atoms with E-state index in [1.54, 1.807) is 37.3 Å². The van der Waals surface area contributed by atoms with Gasteiger partial charge < -0.3 is 20.3 Å². The van der Waals surface area contributed by atoms with Crippen LogP contribution in [0.25, 0.3) is 0 Å². The Kier molecular flexibility index (Phi) is 8.51. The molecule has 3 N–H and O–H groups in total. The summed E-state index contributed by atoms with van der Waals surface area (Å²) in [6, 6.07) is 8.66. The minimum Gasteiger partial charge on any atom is -0.480 e. The molecule has 0 saturated carbocycles. The van der Waals surface area contributed by atoms with Crippen molar-refractivity contribution in [2.75, 3.05) is 6.61 Å². The van der Waals surface area contributed by atoms with Gasteiger partial charge in [-0.05, 0) is 38.3 Å². The Labute approximate surface area is 152 Å². The third-order valence-electron chi connectivity index (χ3n) is 3.63. The molecule has 1 aromatic carbocycles. The van der Waals surface area contributed by atoms with Crippen LogP contribution < -0.4 is 5.73 Å². The van der Waals surface area contributed by atoms with Crippen molar-refractivity contribution in [2.45, 2.75) is 39.3 Å². The normalized spacial score (nSPS) is 14.4. The van der Waals surface area contributed by atoms with E-state index in [2.05, 4.69) is 0 Å². The SMILES string of the molecule is CCOC(=O)C(/C=C/CCC(C)N)(C(=O)O)C(=O)OCc1ccccc1. The first-order chi connectivity index (χ1) is 12.3. The second-order valence-electron chi connectivity index (χ2n) is 5.85. The van der Waals surface area contributed by atoms with Gasteiger partial charge in [0.2, 0.25) is 0 Å². The van der Waals surface area contributed by atoms with Crippen molar-refractivity contribution < 1.29 is 29.0 Å². The van der Waals surface area contributed by atoms with Crippen LogP contribution >= 0.6 is 0 Å². The van der Waals surface area contributed by atoms with Crippen LogP contribution in [0.15, 0.2) is 42.5 Å². The summed E-state index contributed by atoms with van der Waals surface area (Å²) in [5.41, 5.74) is 3.78. The van der Waals surface area contributed by atoms with E-state index in [-0.39, 0.29) is 19.3 Å². The lowest BCUT2D eigenvalue weighted by Crippen LogP contribution is -2.47. The number of hydrogen-bond donors (Lipinski definition) is 2. The van der Waals surface area contributed by atoms with E-state index < -0.39 is 23.3 Å². The topological polar surface area (TPSA) is 116 Å². The molecule has 0 fully saturated rings. The van der Waals surface area contributed by atoms with Gasteiger partial charge in [0.15, 0.2) is 0 Å². The highest BCUT2D eigenvalue weighted by Crippen LogP contribution is 2.26. The molecule has 7 heteroatoms. The largest absolute Gasteiger partial charge is 0.480 e. The molecule has 0 aliphatic rings. The molecule has 142 valence electrons. The lowest BCUT2D eigenvalue weighted by atomic mass is 9.87. The first-order valence-electron chi connectivity index (χ1n) is 8.39. The molecule has 0 aromatic heterocycles. The number of benzene rings is 1. The van der Waals surface area contributed by atoms with Crippen molar-refractivity contribution in [3.05, 3.63) is 48.0 Å². The Balaban J connectivity index is 3.04. The van der Waals surface area contributed by atoms with E-state index >= 15 is 0 Å². The van der Waals surface area contributed by atoms with Crippen molar-refractivity contribution in [1.29, 1.82) is 0 Å². The number of carbonyl (C=O) groups is 3. The number of hydrogen-bond acceptors (Lipinski definition) is 6. The summed E-state index contributed by atoms with van der Waals surface area (Å²) in [5, 5.41) is 9.62. The molecular weight excluding hydrogens is 338 g/mol. The summed E-state index contributed by atoms with van der Waals surface area (Å²) < 4.78 is 9.93. The standard InChI is InChI=1S/C19H25NO6/c1-3-25-17(23)19(16(21)22,12-8-7-9-14(2)20)18(24)26-13-15-10-5-4-6-11-15/h4-6,8,10-12,14H,3,7,9,13,20H2,1-2H3,(H,21,22)/b12-8+. The predicted octanol–water partition coefficient (Wildman–Crippen LogP) is 2.05. The molecule has 0 spiro atoms. The fourth-order valence-corrected chi connectivity index (χ4v) is 2.17. The van der Waals surface area contributed by atoms with Crippen LogP contribution in [0.5, 0.6) is 0 Å². The number of rotatable bonds is 10. The monoisotopic (exact) mass is 363 g/mol. The van der Waals surface area contributed by atoms with Crippen LogP contribution in [0.2, 0.25) is 0 Å². The summed E-state index contributed by atoms with van der Waals surface area (Å²) >= 11 is 0. The molecule has 1 aromatic rings. The first kappa shape index (κ1) is 21.4. The molecule has 1 rings (SSSR count). The molecule has 2 atom stereocenters. The molecule has 0 saturated heterocycles. The number of ether oxygens (including phenoxy) is 2. The number of nitrogens with two attached hydrogens (primary N) is 1. The molecule has 0 amide bonds. The summed E-state index contributed by atoms with van der Waals surface area (Å²) in [7, 11) is 0. The lowest BCUT2D eigenvalue weighted by Gasteiger charge is -2.22. The van der Waals surface area contributed by atoms with Crippen molar-refractivity contribution in [3.63, 3.8) is 0 Å². The Hall–Kier alpha value is -2.67. The Morgan fingerprint density at radius 3 is 2.35 bits per heavy atom. The van der Waals surface area contributed by atoms with E-state index in [1.165, 1.54) is 13.0 Å². The van der Waals surface area contributed by atoms with E-state index in [4.69, 9.17) is 15.2 Å². The van der Waals surface area contributed by atoms with Crippen molar-refractivity contribution in [1.82, 2.24) is 0 Å². The zero-order valence-corrected chi connectivity index (χ0v) is 15.0. The molecule has 26 heavy (non-hydrogen) atoms. The highest BCUT2D eigenvalue weighted by molar-refractivity contribution is 6.19. The Morgan fingerprint density at radius 1 is 1.19 bits per heavy atom. The van der Waals surface area contributed by atoms with Gasteiger partial charge in [-0.2, -0.15) is 0 Å². The maximum Gasteiger partial charge on any atom is 0.339 e. The highest BCUT2D eigenvalue weighted by Gasteiger charge is 2.54. The number of carbonyl (C=O) groups excluding carboxylic acids is 2. The van der Waals surface area contributed by atoms with Gasteiger partial charge in [-0.3, -0.25) is 4.79 Å². The van der Waals surface area contributed by atoms with E-state index in [9.17, 15) is 19.5 Å². The molecule has 0 aliphatic carbocycles. The van der Waals surface area contributed by atoms with Crippen LogP contribution in [-0.4, -0.2) is 35.7 Å². The highest BCUT2D eigenvalue weighted by atomic mass is 16.6. The van der Waals surface area contributed by atoms with Crippen LogP contribution in [0.4, 0.5) is 0 Å². The average molecular weight is 363 g/mol. The first-order valence-corrected chi connectivity index (χ1v) is 8.39. The molecule has 7 nitrogen and oxygen atoms in total. The Bertz CT molecular complexity index is 641. The second kappa shape index (κ2) is 10.4. The van der Waals surface area contributed by atoms with E-state index in [0.29, 0.717) is 18.4 Å². The number of carboxylic acid groups (broad SMARTS) is 1. The maximum atomic E-state index is 12.5. The average Bonchev–Trinajstić information content (AvgIpc) is 2.60. The van der Waals surface area contributed by atoms with Gasteiger partial charge in [0, 0.05) is 6.04 Å². The fraction of sp³-hybridized carbons (Fsp3) is 0.421. The van der Waals surface area contributed by atoms with Crippen molar-refractivity contribution in [3.8, 4) is 0 Å². The van der Waals surface area contributed by atoms with Crippen LogP contribution in [0, 0.1) is 5.41 Å². The van der Waals surface area contributed by atoms with Gasteiger partial charge in [0.25, 0.3) is 5.41 Å². The number of aliphatic carboxylic acids is 1. The zero-order chi connectivity index (χ0) is 19.6. The molecule has 0 aliphatic heterocycles. The van der Waals surface area contributed by atoms with Gasteiger partial charge in [0.05, 0.1) is 6.61 Å². The quantitative estimate of drug-likeness (QED) is 0.371. The summed E-state index contributed by atoms with van der Waals surface area (Å²) in [6.07, 6.45) is 3.47. The van der Waals surface area contributed by atoms with Gasteiger partial charge in [-0.15, -0.1) is 0 Å².